The maximum atomic E-state index is 10.3. The maximum Gasteiger partial charge on any atom is 0.303 e. The Morgan fingerprint density at radius 1 is 0.773 bits per heavy atom. The molecule has 1 N–H and O–H groups in total. The highest BCUT2D eigenvalue weighted by Gasteiger charge is 1.95. The average Bonchev–Trinajstić information content (AvgIpc) is 2.50. The normalized spacial score (nSPS) is 12.0. The molecule has 2 nitrogen and oxygen atoms in total. The Balaban J connectivity index is 3.30. The number of unbranched alkanes of at least 4 members (excludes halogenated alkanes) is 8. The Labute approximate surface area is 137 Å². The topological polar surface area (TPSA) is 37.3 Å². The van der Waals surface area contributed by atoms with Crippen molar-refractivity contribution in [2.24, 2.45) is 0 Å². The van der Waals surface area contributed by atoms with E-state index in [1.54, 1.807) is 0 Å². The van der Waals surface area contributed by atoms with Gasteiger partial charge in [-0.3, -0.25) is 4.79 Å². The third-order valence-corrected chi connectivity index (χ3v) is 3.56. The van der Waals surface area contributed by atoms with Crippen LogP contribution in [0, 0.1) is 0 Å². The quantitative estimate of drug-likeness (QED) is 0.215. The minimum absolute atomic E-state index is 0.312. The molecule has 0 aliphatic carbocycles. The van der Waals surface area contributed by atoms with Crippen molar-refractivity contribution in [3.05, 3.63) is 36.5 Å². The predicted molar refractivity (Wildman–Crippen MR) is 96.1 cm³/mol. The van der Waals surface area contributed by atoms with Gasteiger partial charge in [0, 0.05) is 6.42 Å². The molecule has 0 rings (SSSR count). The Kier molecular flexibility index (Phi) is 16.7. The molecule has 0 atom stereocenters. The molecule has 0 aromatic rings. The van der Waals surface area contributed by atoms with Crippen LogP contribution in [-0.2, 0) is 4.79 Å². The summed E-state index contributed by atoms with van der Waals surface area (Å²) in [4.78, 5) is 10.3. The minimum Gasteiger partial charge on any atom is -0.481 e. The van der Waals surface area contributed by atoms with Crippen molar-refractivity contribution >= 4 is 5.97 Å². The maximum absolute atomic E-state index is 10.3. The minimum atomic E-state index is -0.679. The second kappa shape index (κ2) is 17.7. The molecular weight excluding hydrogens is 272 g/mol. The molecule has 0 aliphatic rings. The number of aliphatic carboxylic acids is 1. The lowest BCUT2D eigenvalue weighted by molar-refractivity contribution is -0.137. The molecule has 0 saturated heterocycles. The Hall–Kier alpha value is -1.31. The van der Waals surface area contributed by atoms with Gasteiger partial charge in [0.05, 0.1) is 0 Å². The van der Waals surface area contributed by atoms with Gasteiger partial charge in [0.15, 0.2) is 0 Å². The Morgan fingerprint density at radius 2 is 1.41 bits per heavy atom. The van der Waals surface area contributed by atoms with Gasteiger partial charge >= 0.3 is 5.97 Å². The predicted octanol–water partition coefficient (Wildman–Crippen LogP) is 6.44. The molecule has 0 heterocycles. The molecule has 0 aromatic heterocycles. The summed E-state index contributed by atoms with van der Waals surface area (Å²) in [6.45, 7) is 2.24. The second-order valence-corrected chi connectivity index (χ2v) is 5.76. The molecule has 0 saturated carbocycles. The van der Waals surface area contributed by atoms with E-state index < -0.39 is 5.97 Å². The van der Waals surface area contributed by atoms with Crippen molar-refractivity contribution in [3.8, 4) is 0 Å². The third kappa shape index (κ3) is 18.7. The van der Waals surface area contributed by atoms with E-state index in [2.05, 4.69) is 43.4 Å². The first-order valence-corrected chi connectivity index (χ1v) is 8.95. The lowest BCUT2D eigenvalue weighted by Crippen LogP contribution is -1.93. The molecule has 22 heavy (non-hydrogen) atoms. The highest BCUT2D eigenvalue weighted by atomic mass is 16.4. The monoisotopic (exact) mass is 306 g/mol. The molecule has 0 fully saturated rings. The third-order valence-electron chi connectivity index (χ3n) is 3.56. The fraction of sp³-hybridized carbons (Fsp3) is 0.650. The molecule has 0 radical (unpaired) electrons. The summed E-state index contributed by atoms with van der Waals surface area (Å²) >= 11 is 0. The van der Waals surface area contributed by atoms with E-state index in [1.165, 1.54) is 32.1 Å². The number of allylic oxidation sites excluding steroid dienone is 6. The smallest absolute Gasteiger partial charge is 0.303 e. The molecule has 0 aromatic carbocycles. The highest BCUT2D eigenvalue weighted by molar-refractivity contribution is 5.66. The van der Waals surface area contributed by atoms with Crippen LogP contribution in [0.25, 0.3) is 0 Å². The fourth-order valence-electron chi connectivity index (χ4n) is 2.21. The van der Waals surface area contributed by atoms with Gasteiger partial charge in [-0.2, -0.15) is 0 Å². The molecule has 0 spiro atoms. The van der Waals surface area contributed by atoms with E-state index >= 15 is 0 Å². The average molecular weight is 306 g/mol. The van der Waals surface area contributed by atoms with Gasteiger partial charge in [0.25, 0.3) is 0 Å². The van der Waals surface area contributed by atoms with Gasteiger partial charge < -0.3 is 5.11 Å². The first kappa shape index (κ1) is 20.7. The molecule has 0 unspecified atom stereocenters. The van der Waals surface area contributed by atoms with Crippen LogP contribution < -0.4 is 0 Å². The summed E-state index contributed by atoms with van der Waals surface area (Å²) in [6.07, 6.45) is 26.3. The van der Waals surface area contributed by atoms with Crippen LogP contribution in [0.4, 0.5) is 0 Å². The molecule has 0 bridgehead atoms. The van der Waals surface area contributed by atoms with Crippen LogP contribution >= 0.6 is 0 Å². The number of hydrogen-bond acceptors (Lipinski definition) is 1. The van der Waals surface area contributed by atoms with Crippen LogP contribution in [-0.4, -0.2) is 11.1 Å². The number of hydrogen-bond donors (Lipinski definition) is 1. The second-order valence-electron chi connectivity index (χ2n) is 5.76. The van der Waals surface area contributed by atoms with Gasteiger partial charge in [-0.05, 0) is 38.5 Å². The molecular formula is C20H34O2. The zero-order valence-corrected chi connectivity index (χ0v) is 14.3. The summed E-state index contributed by atoms with van der Waals surface area (Å²) in [5, 5.41) is 8.52. The van der Waals surface area contributed by atoms with Gasteiger partial charge in [-0.15, -0.1) is 0 Å². The van der Waals surface area contributed by atoms with E-state index in [1.807, 2.05) is 0 Å². The van der Waals surface area contributed by atoms with Crippen molar-refractivity contribution in [3.63, 3.8) is 0 Å². The van der Waals surface area contributed by atoms with Gasteiger partial charge in [0.1, 0.15) is 0 Å². The fourth-order valence-corrected chi connectivity index (χ4v) is 2.21. The largest absolute Gasteiger partial charge is 0.481 e. The SMILES string of the molecule is CCCCCCC=CC=CC/C=C\CCCCCCC(=O)O. The van der Waals surface area contributed by atoms with Crippen molar-refractivity contribution in [2.45, 2.75) is 84.0 Å². The lowest BCUT2D eigenvalue weighted by Gasteiger charge is -1.96. The summed E-state index contributed by atoms with van der Waals surface area (Å²) < 4.78 is 0. The number of carboxylic acid groups (broad SMARTS) is 1. The number of carboxylic acids is 1. The van der Waals surface area contributed by atoms with Crippen LogP contribution in [0.2, 0.25) is 0 Å². The van der Waals surface area contributed by atoms with Crippen molar-refractivity contribution in [1.29, 1.82) is 0 Å². The van der Waals surface area contributed by atoms with E-state index in [0.717, 1.165) is 38.5 Å². The zero-order valence-electron chi connectivity index (χ0n) is 14.3. The summed E-state index contributed by atoms with van der Waals surface area (Å²) in [5.74, 6) is -0.679. The van der Waals surface area contributed by atoms with Crippen LogP contribution in [0.15, 0.2) is 36.5 Å². The van der Waals surface area contributed by atoms with E-state index in [-0.39, 0.29) is 0 Å². The lowest BCUT2D eigenvalue weighted by atomic mass is 10.1. The molecule has 0 amide bonds. The van der Waals surface area contributed by atoms with Gasteiger partial charge in [-0.1, -0.05) is 75.5 Å². The number of rotatable bonds is 15. The van der Waals surface area contributed by atoms with Crippen LogP contribution in [0.3, 0.4) is 0 Å². The van der Waals surface area contributed by atoms with E-state index in [0.29, 0.717) is 6.42 Å². The molecule has 126 valence electrons. The zero-order chi connectivity index (χ0) is 16.3. The summed E-state index contributed by atoms with van der Waals surface area (Å²) in [6, 6.07) is 0. The molecule has 0 aliphatic heterocycles. The molecule has 2 heteroatoms. The van der Waals surface area contributed by atoms with Gasteiger partial charge in [0.2, 0.25) is 0 Å². The van der Waals surface area contributed by atoms with Crippen LogP contribution in [0.5, 0.6) is 0 Å². The van der Waals surface area contributed by atoms with Crippen molar-refractivity contribution in [1.82, 2.24) is 0 Å². The summed E-state index contributed by atoms with van der Waals surface area (Å²) in [7, 11) is 0. The van der Waals surface area contributed by atoms with Gasteiger partial charge in [-0.25, -0.2) is 0 Å². The van der Waals surface area contributed by atoms with E-state index in [9.17, 15) is 4.79 Å². The Bertz CT molecular complexity index is 327. The Morgan fingerprint density at radius 3 is 2.14 bits per heavy atom. The van der Waals surface area contributed by atoms with E-state index in [4.69, 9.17) is 5.11 Å². The van der Waals surface area contributed by atoms with Crippen molar-refractivity contribution in [2.75, 3.05) is 0 Å². The first-order valence-electron chi connectivity index (χ1n) is 8.95. The number of carbonyl (C=O) groups is 1. The summed E-state index contributed by atoms with van der Waals surface area (Å²) in [5.41, 5.74) is 0. The highest BCUT2D eigenvalue weighted by Crippen LogP contribution is 2.06. The van der Waals surface area contributed by atoms with Crippen LogP contribution in [0.1, 0.15) is 84.0 Å². The van der Waals surface area contributed by atoms with Crippen molar-refractivity contribution < 1.29 is 9.90 Å². The standard InChI is InChI=1S/C20H34O2/c1-2-3-4-5-6-7-8-9-10-11-12-13-14-15-16-17-18-19-20(21)22/h7-10,12-13H,2-6,11,14-19H2,1H3,(H,21,22)/b8-7?,10-9?,13-12-. The first-order chi connectivity index (χ1) is 10.8.